The van der Waals surface area contributed by atoms with Crippen molar-refractivity contribution in [2.45, 2.75) is 25.4 Å². The molecule has 0 aliphatic carbocycles. The Bertz CT molecular complexity index is 1040. The predicted molar refractivity (Wildman–Crippen MR) is 106 cm³/mol. The number of pyridine rings is 1. The largest absolute Gasteiger partial charge is 0.496 e. The third kappa shape index (κ3) is 3.05. The van der Waals surface area contributed by atoms with Crippen LogP contribution in [0.15, 0.2) is 41.9 Å². The summed E-state index contributed by atoms with van der Waals surface area (Å²) >= 11 is 0. The van der Waals surface area contributed by atoms with Gasteiger partial charge in [-0.2, -0.15) is 5.10 Å². The van der Waals surface area contributed by atoms with Crippen LogP contribution >= 0.6 is 0 Å². The fourth-order valence-electron chi connectivity index (χ4n) is 3.72. The monoisotopic (exact) mass is 378 g/mol. The van der Waals surface area contributed by atoms with Gasteiger partial charge in [-0.1, -0.05) is 6.08 Å². The Hall–Kier alpha value is -3.13. The van der Waals surface area contributed by atoms with Gasteiger partial charge in [-0.3, -0.25) is 9.50 Å². The molecule has 0 aromatic carbocycles. The number of nitrogens with one attached hydrogen (secondary N) is 2. The maximum absolute atomic E-state index is 6.10. The maximum atomic E-state index is 6.10. The minimum atomic E-state index is 0.220. The second kappa shape index (κ2) is 7.12. The number of H-pyrrole nitrogens is 1. The highest BCUT2D eigenvalue weighted by Crippen LogP contribution is 2.32. The van der Waals surface area contributed by atoms with Crippen LogP contribution < -0.4 is 10.1 Å². The number of fused-ring (bicyclic) bond motifs is 1. The molecule has 8 heteroatoms. The van der Waals surface area contributed by atoms with Gasteiger partial charge in [0.15, 0.2) is 5.90 Å². The van der Waals surface area contributed by atoms with Crippen molar-refractivity contribution in [2.24, 2.45) is 4.99 Å². The molecule has 0 bridgehead atoms. The average molecular weight is 378 g/mol. The second-order valence-corrected chi connectivity index (χ2v) is 6.98. The van der Waals surface area contributed by atoms with Crippen molar-refractivity contribution in [3.05, 3.63) is 42.6 Å². The molecule has 144 valence electrons. The van der Waals surface area contributed by atoms with Gasteiger partial charge < -0.3 is 14.8 Å². The van der Waals surface area contributed by atoms with E-state index in [9.17, 15) is 0 Å². The number of methoxy groups -OCH3 is 1. The Morgan fingerprint density at radius 3 is 3.04 bits per heavy atom. The number of nitrogens with zero attached hydrogens (tertiary/aromatic N) is 4. The molecular formula is C20H22N6O2. The Labute approximate surface area is 162 Å². The molecule has 8 nitrogen and oxygen atoms in total. The van der Waals surface area contributed by atoms with E-state index in [1.54, 1.807) is 13.3 Å². The number of hydrogen-bond acceptors (Lipinski definition) is 6. The van der Waals surface area contributed by atoms with Crippen LogP contribution in [-0.4, -0.2) is 51.8 Å². The summed E-state index contributed by atoms with van der Waals surface area (Å²) in [6.07, 6.45) is 12.6. The van der Waals surface area contributed by atoms with E-state index in [-0.39, 0.29) is 6.10 Å². The Kier molecular flexibility index (Phi) is 4.32. The van der Waals surface area contributed by atoms with Crippen molar-refractivity contribution in [2.75, 3.05) is 20.2 Å². The van der Waals surface area contributed by atoms with Gasteiger partial charge in [0.1, 0.15) is 17.5 Å². The van der Waals surface area contributed by atoms with Crippen molar-refractivity contribution in [1.29, 1.82) is 0 Å². The summed E-state index contributed by atoms with van der Waals surface area (Å²) in [5.41, 5.74) is 4.54. The molecule has 5 rings (SSSR count). The van der Waals surface area contributed by atoms with E-state index in [1.807, 2.05) is 29.1 Å². The van der Waals surface area contributed by atoms with Crippen LogP contribution in [-0.2, 0) is 4.74 Å². The highest BCUT2D eigenvalue weighted by Gasteiger charge is 2.21. The van der Waals surface area contributed by atoms with Gasteiger partial charge in [0.05, 0.1) is 30.9 Å². The summed E-state index contributed by atoms with van der Waals surface area (Å²) in [4.78, 5) is 9.34. The third-order valence-electron chi connectivity index (χ3n) is 5.16. The van der Waals surface area contributed by atoms with Gasteiger partial charge in [-0.05, 0) is 19.4 Å². The number of ether oxygens (including phenoxy) is 2. The molecule has 0 saturated carbocycles. The van der Waals surface area contributed by atoms with Crippen molar-refractivity contribution in [1.82, 2.24) is 24.9 Å². The first-order valence-electron chi connectivity index (χ1n) is 9.51. The minimum absolute atomic E-state index is 0.220. The number of aromatic nitrogens is 4. The van der Waals surface area contributed by atoms with Gasteiger partial charge in [-0.25, -0.2) is 9.98 Å². The van der Waals surface area contributed by atoms with Gasteiger partial charge >= 0.3 is 0 Å². The number of aliphatic imine (C=N–C) groups is 1. The molecule has 5 heterocycles. The van der Waals surface area contributed by atoms with Crippen molar-refractivity contribution < 1.29 is 9.47 Å². The quantitative estimate of drug-likeness (QED) is 0.729. The molecule has 1 fully saturated rings. The maximum Gasteiger partial charge on any atom is 0.189 e. The van der Waals surface area contributed by atoms with Crippen molar-refractivity contribution in [3.63, 3.8) is 0 Å². The summed E-state index contributed by atoms with van der Waals surface area (Å²) in [5.74, 6) is 1.56. The topological polar surface area (TPSA) is 88.8 Å². The number of hydrogen-bond donors (Lipinski definition) is 2. The van der Waals surface area contributed by atoms with E-state index < -0.39 is 0 Å². The van der Waals surface area contributed by atoms with Gasteiger partial charge in [-0.15, -0.1) is 0 Å². The van der Waals surface area contributed by atoms with E-state index in [1.165, 1.54) is 0 Å². The molecule has 1 atom stereocenters. The van der Waals surface area contributed by atoms with Crippen molar-refractivity contribution in [3.8, 4) is 16.9 Å². The van der Waals surface area contributed by atoms with E-state index in [0.717, 1.165) is 72.2 Å². The molecule has 0 amide bonds. The van der Waals surface area contributed by atoms with Crippen molar-refractivity contribution >= 4 is 17.2 Å². The van der Waals surface area contributed by atoms with E-state index in [0.29, 0.717) is 0 Å². The predicted octanol–water partition coefficient (Wildman–Crippen LogP) is 2.64. The highest BCUT2D eigenvalue weighted by molar-refractivity contribution is 5.86. The summed E-state index contributed by atoms with van der Waals surface area (Å²) in [6.45, 7) is 1.90. The lowest BCUT2D eigenvalue weighted by atomic mass is 10.1. The number of allylic oxidation sites excluding steroid dienone is 1. The van der Waals surface area contributed by atoms with Gasteiger partial charge in [0.2, 0.25) is 0 Å². The molecule has 0 radical (unpaired) electrons. The minimum Gasteiger partial charge on any atom is -0.496 e. The molecule has 1 saturated heterocycles. The van der Waals surface area contributed by atoms with E-state index in [4.69, 9.17) is 14.5 Å². The molecule has 0 spiro atoms. The fourth-order valence-corrected chi connectivity index (χ4v) is 3.72. The Morgan fingerprint density at radius 1 is 1.29 bits per heavy atom. The van der Waals surface area contributed by atoms with Crippen LogP contribution in [0, 0.1) is 0 Å². The normalized spacial score (nSPS) is 19.5. The SMILES string of the molecule is COc1cc2ncc(C3=CCCC(OC4CCNC4)=N3)n2cc1-c1cn[nH]c1. The highest BCUT2D eigenvalue weighted by atomic mass is 16.5. The lowest BCUT2D eigenvalue weighted by Gasteiger charge is -2.18. The first-order valence-corrected chi connectivity index (χ1v) is 9.51. The first-order chi connectivity index (χ1) is 13.8. The number of rotatable bonds is 4. The van der Waals surface area contributed by atoms with Crippen LogP contribution in [0.5, 0.6) is 5.75 Å². The Balaban J connectivity index is 1.53. The molecule has 1 unspecified atom stereocenters. The lowest BCUT2D eigenvalue weighted by Crippen LogP contribution is -2.21. The molecule has 2 N–H and O–H groups in total. The van der Waals surface area contributed by atoms with Crippen LogP contribution in [0.25, 0.3) is 22.5 Å². The molecule has 2 aliphatic heterocycles. The van der Waals surface area contributed by atoms with E-state index >= 15 is 0 Å². The standard InChI is InChI=1S/C20H22N6O2/c1-27-18-7-19-22-11-17(26(19)12-15(18)13-8-23-24-9-13)16-3-2-4-20(25-16)28-14-5-6-21-10-14/h3,7-9,11-12,14,21H,2,4-6,10H2,1H3,(H,23,24). The van der Waals surface area contributed by atoms with Crippen LogP contribution in [0.3, 0.4) is 0 Å². The number of imidazole rings is 1. The smallest absolute Gasteiger partial charge is 0.189 e. The van der Waals surface area contributed by atoms with Gasteiger partial charge in [0, 0.05) is 42.6 Å². The first kappa shape index (κ1) is 17.0. The molecule has 3 aromatic heterocycles. The molecular weight excluding hydrogens is 356 g/mol. The summed E-state index contributed by atoms with van der Waals surface area (Å²) in [5, 5.41) is 10.2. The summed E-state index contributed by atoms with van der Waals surface area (Å²) in [6, 6.07) is 1.93. The molecule has 2 aliphatic rings. The molecule has 28 heavy (non-hydrogen) atoms. The summed E-state index contributed by atoms with van der Waals surface area (Å²) in [7, 11) is 1.66. The second-order valence-electron chi connectivity index (χ2n) is 6.98. The van der Waals surface area contributed by atoms with Crippen LogP contribution in [0.4, 0.5) is 0 Å². The zero-order valence-electron chi connectivity index (χ0n) is 15.7. The van der Waals surface area contributed by atoms with Crippen LogP contribution in [0.1, 0.15) is 25.0 Å². The zero-order valence-corrected chi connectivity index (χ0v) is 15.7. The third-order valence-corrected chi connectivity index (χ3v) is 5.16. The fraction of sp³-hybridized carbons (Fsp3) is 0.350. The van der Waals surface area contributed by atoms with Gasteiger partial charge in [0.25, 0.3) is 0 Å². The number of aromatic amines is 1. The average Bonchev–Trinajstić information content (AvgIpc) is 3.48. The molecule has 3 aromatic rings. The summed E-state index contributed by atoms with van der Waals surface area (Å²) < 4.78 is 13.7. The zero-order chi connectivity index (χ0) is 18.9. The Morgan fingerprint density at radius 2 is 2.25 bits per heavy atom. The van der Waals surface area contributed by atoms with E-state index in [2.05, 4.69) is 26.6 Å². The van der Waals surface area contributed by atoms with Crippen LogP contribution in [0.2, 0.25) is 0 Å². The lowest BCUT2D eigenvalue weighted by molar-refractivity contribution is 0.203.